The van der Waals surface area contributed by atoms with Crippen molar-refractivity contribution in [3.63, 3.8) is 0 Å². The van der Waals surface area contributed by atoms with Crippen molar-refractivity contribution >= 4 is 23.2 Å². The topological polar surface area (TPSA) is 9.23 Å². The molecule has 0 heterocycles. The Kier molecular flexibility index (Phi) is 9.32. The van der Waals surface area contributed by atoms with Crippen LogP contribution in [0.2, 0.25) is 10.0 Å². The van der Waals surface area contributed by atoms with E-state index in [4.69, 9.17) is 27.9 Å². The highest BCUT2D eigenvalue weighted by atomic mass is 35.5. The van der Waals surface area contributed by atoms with Crippen molar-refractivity contribution in [1.82, 2.24) is 0 Å². The van der Waals surface area contributed by atoms with E-state index in [0.29, 0.717) is 16.7 Å². The maximum absolute atomic E-state index is 6.08. The van der Waals surface area contributed by atoms with Gasteiger partial charge in [-0.1, -0.05) is 74.7 Å². The third-order valence-electron chi connectivity index (χ3n) is 3.16. The molecule has 1 aromatic carbocycles. The second-order valence-corrected chi connectivity index (χ2v) is 5.75. The quantitative estimate of drug-likeness (QED) is 0.463. The SMILES string of the molecule is CCCCCCCCCOCc1ccc(Cl)cc1Cl. The predicted molar refractivity (Wildman–Crippen MR) is 84.1 cm³/mol. The number of hydrogen-bond donors (Lipinski definition) is 0. The van der Waals surface area contributed by atoms with Gasteiger partial charge in [-0.25, -0.2) is 0 Å². The first-order chi connectivity index (χ1) is 9.24. The molecular weight excluding hydrogens is 279 g/mol. The van der Waals surface area contributed by atoms with Gasteiger partial charge in [-0.3, -0.25) is 0 Å². The maximum Gasteiger partial charge on any atom is 0.0731 e. The van der Waals surface area contributed by atoms with Crippen molar-refractivity contribution in [3.05, 3.63) is 33.8 Å². The summed E-state index contributed by atoms with van der Waals surface area (Å²) in [5, 5.41) is 1.35. The zero-order chi connectivity index (χ0) is 13.9. The molecule has 0 aromatic heterocycles. The third-order valence-corrected chi connectivity index (χ3v) is 3.75. The molecule has 0 aliphatic rings. The fraction of sp³-hybridized carbons (Fsp3) is 0.625. The molecule has 0 atom stereocenters. The van der Waals surface area contributed by atoms with Crippen molar-refractivity contribution < 1.29 is 4.74 Å². The van der Waals surface area contributed by atoms with Gasteiger partial charge in [-0.05, 0) is 24.1 Å². The van der Waals surface area contributed by atoms with Crippen molar-refractivity contribution in [2.45, 2.75) is 58.5 Å². The van der Waals surface area contributed by atoms with Crippen LogP contribution in [0, 0.1) is 0 Å². The monoisotopic (exact) mass is 302 g/mol. The van der Waals surface area contributed by atoms with Crippen molar-refractivity contribution in [2.24, 2.45) is 0 Å². The van der Waals surface area contributed by atoms with Crippen molar-refractivity contribution in [3.8, 4) is 0 Å². The van der Waals surface area contributed by atoms with E-state index in [1.165, 1.54) is 38.5 Å². The molecule has 0 saturated carbocycles. The first kappa shape index (κ1) is 16.8. The van der Waals surface area contributed by atoms with Crippen LogP contribution in [0.3, 0.4) is 0 Å². The number of hydrogen-bond acceptors (Lipinski definition) is 1. The van der Waals surface area contributed by atoms with Crippen LogP contribution >= 0.6 is 23.2 Å². The first-order valence-corrected chi connectivity index (χ1v) is 8.01. The first-order valence-electron chi connectivity index (χ1n) is 7.25. The largest absolute Gasteiger partial charge is 0.377 e. The number of halogens is 2. The summed E-state index contributed by atoms with van der Waals surface area (Å²) in [7, 11) is 0. The molecule has 0 amide bonds. The van der Waals surface area contributed by atoms with Gasteiger partial charge in [0.15, 0.2) is 0 Å². The van der Waals surface area contributed by atoms with Gasteiger partial charge in [-0.2, -0.15) is 0 Å². The Hall–Kier alpha value is -0.240. The molecule has 1 aromatic rings. The Morgan fingerprint density at radius 3 is 2.32 bits per heavy atom. The Morgan fingerprint density at radius 1 is 0.947 bits per heavy atom. The average Bonchev–Trinajstić information content (AvgIpc) is 2.39. The zero-order valence-corrected chi connectivity index (χ0v) is 13.3. The summed E-state index contributed by atoms with van der Waals surface area (Å²) < 4.78 is 5.64. The molecule has 0 saturated heterocycles. The summed E-state index contributed by atoms with van der Waals surface area (Å²) in [5.74, 6) is 0. The molecule has 1 nitrogen and oxygen atoms in total. The second-order valence-electron chi connectivity index (χ2n) is 4.91. The summed E-state index contributed by atoms with van der Waals surface area (Å²) >= 11 is 11.9. The van der Waals surface area contributed by atoms with Gasteiger partial charge < -0.3 is 4.74 Å². The minimum absolute atomic E-state index is 0.575. The molecule has 0 N–H and O–H groups in total. The van der Waals surface area contributed by atoms with E-state index in [2.05, 4.69) is 6.92 Å². The second kappa shape index (κ2) is 10.5. The Labute approximate surface area is 127 Å². The zero-order valence-electron chi connectivity index (χ0n) is 11.8. The maximum atomic E-state index is 6.08. The van der Waals surface area contributed by atoms with Crippen LogP contribution in [0.4, 0.5) is 0 Å². The highest BCUT2D eigenvalue weighted by Crippen LogP contribution is 2.21. The molecular formula is C16H24Cl2O. The van der Waals surface area contributed by atoms with Gasteiger partial charge >= 0.3 is 0 Å². The lowest BCUT2D eigenvalue weighted by molar-refractivity contribution is 0.117. The lowest BCUT2D eigenvalue weighted by Gasteiger charge is -2.06. The predicted octanol–water partition coefficient (Wildman–Crippen LogP) is 6.26. The lowest BCUT2D eigenvalue weighted by Crippen LogP contribution is -1.96. The van der Waals surface area contributed by atoms with E-state index in [-0.39, 0.29) is 0 Å². The summed E-state index contributed by atoms with van der Waals surface area (Å²) in [6, 6.07) is 5.53. The molecule has 0 spiro atoms. The minimum Gasteiger partial charge on any atom is -0.377 e. The highest BCUT2D eigenvalue weighted by Gasteiger charge is 2.01. The van der Waals surface area contributed by atoms with Gasteiger partial charge in [0, 0.05) is 16.7 Å². The van der Waals surface area contributed by atoms with Gasteiger partial charge in [0.1, 0.15) is 0 Å². The summed E-state index contributed by atoms with van der Waals surface area (Å²) in [4.78, 5) is 0. The van der Waals surface area contributed by atoms with Crippen LogP contribution in [0.25, 0.3) is 0 Å². The summed E-state index contributed by atoms with van der Waals surface area (Å²) in [6.45, 7) is 3.63. The van der Waals surface area contributed by atoms with Crippen LogP contribution < -0.4 is 0 Å². The van der Waals surface area contributed by atoms with Crippen LogP contribution in [0.5, 0.6) is 0 Å². The van der Waals surface area contributed by atoms with E-state index in [1.807, 2.05) is 12.1 Å². The van der Waals surface area contributed by atoms with E-state index in [1.54, 1.807) is 6.07 Å². The Bertz CT molecular complexity index is 353. The van der Waals surface area contributed by atoms with Crippen LogP contribution in [0.15, 0.2) is 18.2 Å². The Morgan fingerprint density at radius 2 is 1.63 bits per heavy atom. The van der Waals surface area contributed by atoms with Crippen molar-refractivity contribution in [2.75, 3.05) is 6.61 Å². The fourth-order valence-electron chi connectivity index (χ4n) is 1.98. The molecule has 0 unspecified atom stereocenters. The summed E-state index contributed by atoms with van der Waals surface area (Å²) in [6.07, 6.45) is 9.13. The average molecular weight is 303 g/mol. The van der Waals surface area contributed by atoms with Crippen LogP contribution in [-0.4, -0.2) is 6.61 Å². The smallest absolute Gasteiger partial charge is 0.0731 e. The number of unbranched alkanes of at least 4 members (excludes halogenated alkanes) is 6. The number of ether oxygens (including phenoxy) is 1. The molecule has 0 bridgehead atoms. The van der Waals surface area contributed by atoms with Crippen molar-refractivity contribution in [1.29, 1.82) is 0 Å². The van der Waals surface area contributed by atoms with E-state index >= 15 is 0 Å². The molecule has 0 radical (unpaired) electrons. The van der Waals surface area contributed by atoms with Gasteiger partial charge in [0.25, 0.3) is 0 Å². The number of benzene rings is 1. The molecule has 108 valence electrons. The van der Waals surface area contributed by atoms with E-state index in [0.717, 1.165) is 18.6 Å². The molecule has 3 heteroatoms. The minimum atomic E-state index is 0.575. The fourth-order valence-corrected chi connectivity index (χ4v) is 2.45. The van der Waals surface area contributed by atoms with E-state index < -0.39 is 0 Å². The Balaban J connectivity index is 2.01. The van der Waals surface area contributed by atoms with Crippen LogP contribution in [0.1, 0.15) is 57.4 Å². The van der Waals surface area contributed by atoms with Gasteiger partial charge in [0.05, 0.1) is 6.61 Å². The summed E-state index contributed by atoms with van der Waals surface area (Å²) in [5.41, 5.74) is 1.01. The molecule has 1 rings (SSSR count). The molecule has 0 aliphatic heterocycles. The number of rotatable bonds is 10. The third kappa shape index (κ3) is 7.81. The van der Waals surface area contributed by atoms with Crippen LogP contribution in [-0.2, 0) is 11.3 Å². The lowest BCUT2D eigenvalue weighted by atomic mass is 10.1. The van der Waals surface area contributed by atoms with Gasteiger partial charge in [-0.15, -0.1) is 0 Å². The highest BCUT2D eigenvalue weighted by molar-refractivity contribution is 6.35. The standard InChI is InChI=1S/C16H24Cl2O/c1-2-3-4-5-6-7-8-11-19-13-14-9-10-15(17)12-16(14)18/h9-10,12H,2-8,11,13H2,1H3. The molecule has 19 heavy (non-hydrogen) atoms. The van der Waals surface area contributed by atoms with Gasteiger partial charge in [0.2, 0.25) is 0 Å². The normalized spacial score (nSPS) is 10.9. The van der Waals surface area contributed by atoms with E-state index in [9.17, 15) is 0 Å². The molecule has 0 aliphatic carbocycles. The molecule has 0 fully saturated rings.